The Labute approximate surface area is 93.5 Å². The predicted octanol–water partition coefficient (Wildman–Crippen LogP) is 1.03. The molecule has 2 rings (SSSR count). The van der Waals surface area contributed by atoms with Crippen molar-refractivity contribution >= 4 is 5.97 Å². The summed E-state index contributed by atoms with van der Waals surface area (Å²) in [5.74, 6) is -0.528. The second kappa shape index (κ2) is 4.14. The lowest BCUT2D eigenvalue weighted by Gasteiger charge is -2.24. The molecule has 2 N–H and O–H groups in total. The summed E-state index contributed by atoms with van der Waals surface area (Å²) in [7, 11) is 0. The number of ether oxygens (including phenoxy) is 1. The van der Waals surface area contributed by atoms with E-state index in [1.165, 1.54) is 6.07 Å². The highest BCUT2D eigenvalue weighted by Gasteiger charge is 2.28. The Morgan fingerprint density at radius 2 is 2.25 bits per heavy atom. The molecule has 0 saturated heterocycles. The minimum Gasteiger partial charge on any atom is -0.507 e. The van der Waals surface area contributed by atoms with Crippen LogP contribution in [0, 0.1) is 0 Å². The molecule has 1 aliphatic heterocycles. The van der Waals surface area contributed by atoms with Crippen LogP contribution in [-0.4, -0.2) is 28.9 Å². The van der Waals surface area contributed by atoms with Crippen LogP contribution in [0.1, 0.15) is 28.4 Å². The van der Waals surface area contributed by atoms with Gasteiger partial charge in [0.1, 0.15) is 17.4 Å². The van der Waals surface area contributed by atoms with Gasteiger partial charge in [-0.05, 0) is 30.5 Å². The number of hydrogen-bond donors (Lipinski definition) is 2. The minimum absolute atomic E-state index is 0.0284. The van der Waals surface area contributed by atoms with Crippen molar-refractivity contribution in [3.05, 3.63) is 28.8 Å². The van der Waals surface area contributed by atoms with Gasteiger partial charge in [0, 0.05) is 13.0 Å². The third kappa shape index (κ3) is 1.76. The first-order chi connectivity index (χ1) is 7.63. The topological polar surface area (TPSA) is 66.8 Å². The molecule has 0 amide bonds. The lowest BCUT2D eigenvalue weighted by molar-refractivity contribution is 0.0296. The summed E-state index contributed by atoms with van der Waals surface area (Å²) in [6.07, 6.45) is 0.896. The molecule has 0 bridgehead atoms. The average Bonchev–Trinajstić information content (AvgIpc) is 2.21. The van der Waals surface area contributed by atoms with Gasteiger partial charge in [0.15, 0.2) is 0 Å². The maximum absolute atomic E-state index is 11.6. The standard InChI is InChI=1S/C12H14O4/c1-7-6-9-8(4-5-13)2-3-10(14)11(9)12(15)16-7/h2-3,7,13-14H,4-6H2,1H3/t7-/m1/s1. The molecule has 0 unspecified atom stereocenters. The van der Waals surface area contributed by atoms with Crippen molar-refractivity contribution in [2.45, 2.75) is 25.9 Å². The van der Waals surface area contributed by atoms with Crippen molar-refractivity contribution in [1.82, 2.24) is 0 Å². The maximum atomic E-state index is 11.6. The number of aliphatic hydroxyl groups excluding tert-OH is 1. The Balaban J connectivity index is 2.53. The zero-order chi connectivity index (χ0) is 11.7. The van der Waals surface area contributed by atoms with Gasteiger partial charge in [-0.25, -0.2) is 4.79 Å². The number of carbonyl (C=O) groups excluding carboxylic acids is 1. The number of carbonyl (C=O) groups is 1. The molecule has 0 spiro atoms. The number of esters is 1. The average molecular weight is 222 g/mol. The molecule has 0 aliphatic carbocycles. The van der Waals surface area contributed by atoms with Crippen LogP contribution in [0.3, 0.4) is 0 Å². The number of aromatic hydroxyl groups is 1. The van der Waals surface area contributed by atoms with Gasteiger partial charge < -0.3 is 14.9 Å². The molecule has 1 atom stereocenters. The third-order valence-corrected chi connectivity index (χ3v) is 2.77. The third-order valence-electron chi connectivity index (χ3n) is 2.77. The largest absolute Gasteiger partial charge is 0.507 e. The predicted molar refractivity (Wildman–Crippen MR) is 57.5 cm³/mol. The highest BCUT2D eigenvalue weighted by molar-refractivity contribution is 5.95. The zero-order valence-corrected chi connectivity index (χ0v) is 9.06. The van der Waals surface area contributed by atoms with Crippen LogP contribution in [0.25, 0.3) is 0 Å². The number of hydrogen-bond acceptors (Lipinski definition) is 4. The molecule has 0 saturated carbocycles. The minimum atomic E-state index is -0.481. The molecular formula is C12H14O4. The van der Waals surface area contributed by atoms with Gasteiger partial charge in [-0.1, -0.05) is 6.07 Å². The van der Waals surface area contributed by atoms with Crippen molar-refractivity contribution in [1.29, 1.82) is 0 Å². The number of rotatable bonds is 2. The van der Waals surface area contributed by atoms with E-state index in [2.05, 4.69) is 0 Å². The lowest BCUT2D eigenvalue weighted by atomic mass is 9.92. The first-order valence-electron chi connectivity index (χ1n) is 5.29. The van der Waals surface area contributed by atoms with Crippen LogP contribution in [0.15, 0.2) is 12.1 Å². The fourth-order valence-electron chi connectivity index (χ4n) is 2.06. The molecule has 4 nitrogen and oxygen atoms in total. The Morgan fingerprint density at radius 1 is 1.50 bits per heavy atom. The van der Waals surface area contributed by atoms with Crippen LogP contribution < -0.4 is 0 Å². The lowest BCUT2D eigenvalue weighted by Crippen LogP contribution is -2.26. The highest BCUT2D eigenvalue weighted by atomic mass is 16.5. The molecule has 0 radical (unpaired) electrons. The number of benzene rings is 1. The summed E-state index contributed by atoms with van der Waals surface area (Å²) in [5, 5.41) is 18.6. The summed E-state index contributed by atoms with van der Waals surface area (Å²) in [6, 6.07) is 3.22. The van der Waals surface area contributed by atoms with Crippen molar-refractivity contribution in [2.75, 3.05) is 6.61 Å². The van der Waals surface area contributed by atoms with E-state index >= 15 is 0 Å². The number of phenols is 1. The number of aliphatic hydroxyl groups is 1. The van der Waals surface area contributed by atoms with Crippen LogP contribution in [0.4, 0.5) is 0 Å². The SMILES string of the molecule is C[C@@H]1Cc2c(CCO)ccc(O)c2C(=O)O1. The first kappa shape index (κ1) is 11.0. The van der Waals surface area contributed by atoms with E-state index in [0.717, 1.165) is 11.1 Å². The molecule has 0 fully saturated rings. The Bertz CT molecular complexity index is 425. The van der Waals surface area contributed by atoms with E-state index in [-0.39, 0.29) is 24.0 Å². The zero-order valence-electron chi connectivity index (χ0n) is 9.06. The summed E-state index contributed by atoms with van der Waals surface area (Å²) < 4.78 is 5.07. The normalized spacial score (nSPS) is 19.1. The van der Waals surface area contributed by atoms with Crippen LogP contribution in [0.2, 0.25) is 0 Å². The Morgan fingerprint density at radius 3 is 2.94 bits per heavy atom. The molecule has 1 aromatic carbocycles. The van der Waals surface area contributed by atoms with Crippen LogP contribution in [-0.2, 0) is 17.6 Å². The number of cyclic esters (lactones) is 1. The van der Waals surface area contributed by atoms with Gasteiger partial charge in [-0.3, -0.25) is 0 Å². The smallest absolute Gasteiger partial charge is 0.342 e. The van der Waals surface area contributed by atoms with E-state index in [0.29, 0.717) is 12.8 Å². The van der Waals surface area contributed by atoms with Gasteiger partial charge in [0.2, 0.25) is 0 Å². The van der Waals surface area contributed by atoms with E-state index in [1.807, 2.05) is 6.92 Å². The molecule has 16 heavy (non-hydrogen) atoms. The van der Waals surface area contributed by atoms with E-state index < -0.39 is 5.97 Å². The van der Waals surface area contributed by atoms with Gasteiger partial charge in [0.25, 0.3) is 0 Å². The van der Waals surface area contributed by atoms with Gasteiger partial charge in [0.05, 0.1) is 0 Å². The fraction of sp³-hybridized carbons (Fsp3) is 0.417. The van der Waals surface area contributed by atoms with Crippen molar-refractivity contribution in [3.63, 3.8) is 0 Å². The second-order valence-electron chi connectivity index (χ2n) is 3.99. The summed E-state index contributed by atoms with van der Waals surface area (Å²) >= 11 is 0. The maximum Gasteiger partial charge on any atom is 0.342 e. The molecule has 4 heteroatoms. The van der Waals surface area contributed by atoms with Gasteiger partial charge in [-0.15, -0.1) is 0 Å². The fourth-order valence-corrected chi connectivity index (χ4v) is 2.06. The second-order valence-corrected chi connectivity index (χ2v) is 3.99. The summed E-state index contributed by atoms with van der Waals surface area (Å²) in [5.41, 5.74) is 1.96. The van der Waals surface area contributed by atoms with Crippen molar-refractivity contribution in [2.24, 2.45) is 0 Å². The van der Waals surface area contributed by atoms with E-state index in [1.54, 1.807) is 6.07 Å². The van der Waals surface area contributed by atoms with Crippen LogP contribution >= 0.6 is 0 Å². The monoisotopic (exact) mass is 222 g/mol. The van der Waals surface area contributed by atoms with Gasteiger partial charge >= 0.3 is 5.97 Å². The van der Waals surface area contributed by atoms with Gasteiger partial charge in [-0.2, -0.15) is 0 Å². The Hall–Kier alpha value is -1.55. The first-order valence-corrected chi connectivity index (χ1v) is 5.29. The molecule has 1 aromatic rings. The van der Waals surface area contributed by atoms with E-state index in [4.69, 9.17) is 9.84 Å². The van der Waals surface area contributed by atoms with Crippen LogP contribution in [0.5, 0.6) is 5.75 Å². The molecule has 1 aliphatic rings. The summed E-state index contributed by atoms with van der Waals surface area (Å²) in [4.78, 5) is 11.6. The number of phenolic OH excluding ortho intramolecular Hbond substituents is 1. The molecule has 86 valence electrons. The molecular weight excluding hydrogens is 208 g/mol. The van der Waals surface area contributed by atoms with Crippen molar-refractivity contribution < 1.29 is 19.7 Å². The molecule has 0 aromatic heterocycles. The molecule has 1 heterocycles. The van der Waals surface area contributed by atoms with Crippen molar-refractivity contribution in [3.8, 4) is 5.75 Å². The summed E-state index contributed by atoms with van der Waals surface area (Å²) in [6.45, 7) is 1.84. The quantitative estimate of drug-likeness (QED) is 0.733. The number of fused-ring (bicyclic) bond motifs is 1. The highest BCUT2D eigenvalue weighted by Crippen LogP contribution is 2.31. The van der Waals surface area contributed by atoms with E-state index in [9.17, 15) is 9.90 Å². The Kier molecular flexibility index (Phi) is 2.83.